The van der Waals surface area contributed by atoms with E-state index in [0.29, 0.717) is 5.92 Å². The van der Waals surface area contributed by atoms with Crippen LogP contribution in [-0.4, -0.2) is 31.6 Å². The molecule has 0 aromatic carbocycles. The Hall–Kier alpha value is -1.06. The zero-order valence-electron chi connectivity index (χ0n) is 9.02. The Kier molecular flexibility index (Phi) is 3.23. The molecule has 2 aliphatic rings. The number of hydrogen-bond acceptors (Lipinski definition) is 4. The molecule has 0 saturated heterocycles. The second-order valence-corrected chi connectivity index (χ2v) is 4.22. The second-order valence-electron chi connectivity index (χ2n) is 4.22. The molecular formula is C11H17NO3. The molecule has 0 radical (unpaired) electrons. The number of ether oxygens (including phenoxy) is 2. The van der Waals surface area contributed by atoms with E-state index >= 15 is 0 Å². The SMILES string of the molecule is COC(=O)[C@@H]1N=CO[C@H]1C1CCCCC1. The molecule has 4 heteroatoms. The molecule has 1 heterocycles. The Morgan fingerprint density at radius 2 is 2.13 bits per heavy atom. The van der Waals surface area contributed by atoms with Crippen LogP contribution in [0, 0.1) is 5.92 Å². The van der Waals surface area contributed by atoms with Gasteiger partial charge in [0.15, 0.2) is 12.4 Å². The molecule has 2 atom stereocenters. The minimum absolute atomic E-state index is 0.0854. The Labute approximate surface area is 89.7 Å². The third kappa shape index (κ3) is 2.13. The molecule has 0 aromatic heterocycles. The highest BCUT2D eigenvalue weighted by molar-refractivity contribution is 5.79. The van der Waals surface area contributed by atoms with Crippen LogP contribution in [0.5, 0.6) is 0 Å². The lowest BCUT2D eigenvalue weighted by molar-refractivity contribution is -0.144. The van der Waals surface area contributed by atoms with E-state index in [1.807, 2.05) is 0 Å². The molecule has 0 N–H and O–H groups in total. The number of nitrogens with zero attached hydrogens (tertiary/aromatic N) is 1. The van der Waals surface area contributed by atoms with Gasteiger partial charge in [0.25, 0.3) is 0 Å². The number of carbonyl (C=O) groups is 1. The summed E-state index contributed by atoms with van der Waals surface area (Å²) in [6, 6.07) is -0.432. The van der Waals surface area contributed by atoms with Gasteiger partial charge in [0.05, 0.1) is 7.11 Å². The number of methoxy groups -OCH3 is 1. The molecule has 0 spiro atoms. The van der Waals surface area contributed by atoms with Gasteiger partial charge in [-0.25, -0.2) is 9.79 Å². The van der Waals surface area contributed by atoms with Crippen LogP contribution < -0.4 is 0 Å². The number of aliphatic imine (C=N–C) groups is 1. The van der Waals surface area contributed by atoms with Crippen LogP contribution in [0.3, 0.4) is 0 Å². The zero-order valence-corrected chi connectivity index (χ0v) is 9.02. The van der Waals surface area contributed by atoms with Crippen LogP contribution in [0.1, 0.15) is 32.1 Å². The van der Waals surface area contributed by atoms with Crippen molar-refractivity contribution in [1.82, 2.24) is 0 Å². The Morgan fingerprint density at radius 1 is 1.40 bits per heavy atom. The lowest BCUT2D eigenvalue weighted by atomic mass is 9.83. The Balaban J connectivity index is 1.98. The highest BCUT2D eigenvalue weighted by atomic mass is 16.5. The van der Waals surface area contributed by atoms with E-state index in [0.717, 1.165) is 12.8 Å². The van der Waals surface area contributed by atoms with Gasteiger partial charge in [0, 0.05) is 0 Å². The highest BCUT2D eigenvalue weighted by Gasteiger charge is 2.39. The normalized spacial score (nSPS) is 31.3. The molecule has 1 aliphatic heterocycles. The van der Waals surface area contributed by atoms with Crippen molar-refractivity contribution in [3.05, 3.63) is 0 Å². The standard InChI is InChI=1S/C11H17NO3/c1-14-11(13)9-10(15-7-12-9)8-5-3-2-4-6-8/h7-10H,2-6H2,1H3/t9-,10+/m1/s1. The van der Waals surface area contributed by atoms with Crippen molar-refractivity contribution in [2.75, 3.05) is 7.11 Å². The summed E-state index contributed by atoms with van der Waals surface area (Å²) in [5.74, 6) is 0.185. The average molecular weight is 211 g/mol. The Morgan fingerprint density at radius 3 is 2.80 bits per heavy atom. The highest BCUT2D eigenvalue weighted by Crippen LogP contribution is 2.31. The van der Waals surface area contributed by atoms with Gasteiger partial charge in [-0.3, -0.25) is 0 Å². The third-order valence-corrected chi connectivity index (χ3v) is 3.31. The molecule has 84 valence electrons. The van der Waals surface area contributed by atoms with Gasteiger partial charge in [-0.15, -0.1) is 0 Å². The lowest BCUT2D eigenvalue weighted by Crippen LogP contribution is -2.37. The smallest absolute Gasteiger partial charge is 0.334 e. The van der Waals surface area contributed by atoms with Crippen LogP contribution in [-0.2, 0) is 14.3 Å². The molecule has 1 aliphatic carbocycles. The summed E-state index contributed by atoms with van der Waals surface area (Å²) in [6.07, 6.45) is 7.37. The lowest BCUT2D eigenvalue weighted by Gasteiger charge is -2.28. The first-order chi connectivity index (χ1) is 7.33. The van der Waals surface area contributed by atoms with E-state index in [4.69, 9.17) is 9.47 Å². The number of carbonyl (C=O) groups excluding carboxylic acids is 1. The molecular weight excluding hydrogens is 194 g/mol. The van der Waals surface area contributed by atoms with Crippen LogP contribution in [0.4, 0.5) is 0 Å². The van der Waals surface area contributed by atoms with E-state index in [-0.39, 0.29) is 12.1 Å². The van der Waals surface area contributed by atoms with Gasteiger partial charge in [0.1, 0.15) is 6.10 Å². The molecule has 0 aromatic rings. The fraction of sp³-hybridized carbons (Fsp3) is 0.818. The first-order valence-corrected chi connectivity index (χ1v) is 5.58. The predicted octanol–water partition coefficient (Wildman–Crippen LogP) is 1.54. The maximum absolute atomic E-state index is 11.5. The van der Waals surface area contributed by atoms with Crippen LogP contribution in [0.2, 0.25) is 0 Å². The first kappa shape index (κ1) is 10.5. The van der Waals surface area contributed by atoms with Crippen molar-refractivity contribution in [2.24, 2.45) is 10.9 Å². The maximum atomic E-state index is 11.5. The van der Waals surface area contributed by atoms with E-state index < -0.39 is 6.04 Å². The molecule has 1 saturated carbocycles. The van der Waals surface area contributed by atoms with Gasteiger partial charge >= 0.3 is 5.97 Å². The average Bonchev–Trinajstić information content (AvgIpc) is 2.78. The zero-order chi connectivity index (χ0) is 10.7. The molecule has 1 fully saturated rings. The maximum Gasteiger partial charge on any atom is 0.334 e. The molecule has 15 heavy (non-hydrogen) atoms. The fourth-order valence-corrected chi connectivity index (χ4v) is 2.48. The van der Waals surface area contributed by atoms with E-state index in [9.17, 15) is 4.79 Å². The van der Waals surface area contributed by atoms with Gasteiger partial charge in [-0.2, -0.15) is 0 Å². The largest absolute Gasteiger partial charge is 0.477 e. The van der Waals surface area contributed by atoms with Crippen molar-refractivity contribution < 1.29 is 14.3 Å². The van der Waals surface area contributed by atoms with Gasteiger partial charge < -0.3 is 9.47 Å². The predicted molar refractivity (Wildman–Crippen MR) is 55.7 cm³/mol. The molecule has 0 amide bonds. The van der Waals surface area contributed by atoms with Crippen LogP contribution in [0.15, 0.2) is 4.99 Å². The van der Waals surface area contributed by atoms with Crippen molar-refractivity contribution in [2.45, 2.75) is 44.2 Å². The summed E-state index contributed by atoms with van der Waals surface area (Å²) >= 11 is 0. The summed E-state index contributed by atoms with van der Waals surface area (Å²) in [7, 11) is 1.40. The van der Waals surface area contributed by atoms with Crippen molar-refractivity contribution in [3.63, 3.8) is 0 Å². The molecule has 0 unspecified atom stereocenters. The van der Waals surface area contributed by atoms with Gasteiger partial charge in [-0.05, 0) is 18.8 Å². The summed E-state index contributed by atoms with van der Waals surface area (Å²) < 4.78 is 10.2. The quantitative estimate of drug-likeness (QED) is 0.651. The van der Waals surface area contributed by atoms with E-state index in [2.05, 4.69) is 4.99 Å². The first-order valence-electron chi connectivity index (χ1n) is 5.58. The van der Waals surface area contributed by atoms with E-state index in [1.54, 1.807) is 0 Å². The van der Waals surface area contributed by atoms with Gasteiger partial charge in [-0.1, -0.05) is 19.3 Å². The van der Waals surface area contributed by atoms with Gasteiger partial charge in [0.2, 0.25) is 0 Å². The minimum Gasteiger partial charge on any atom is -0.477 e. The molecule has 2 rings (SSSR count). The second kappa shape index (κ2) is 4.64. The van der Waals surface area contributed by atoms with Crippen LogP contribution >= 0.6 is 0 Å². The number of esters is 1. The Bertz CT molecular complexity index is 259. The van der Waals surface area contributed by atoms with Crippen LogP contribution in [0.25, 0.3) is 0 Å². The third-order valence-electron chi connectivity index (χ3n) is 3.31. The molecule has 4 nitrogen and oxygen atoms in total. The minimum atomic E-state index is -0.432. The monoisotopic (exact) mass is 211 g/mol. The van der Waals surface area contributed by atoms with Crippen molar-refractivity contribution in [3.8, 4) is 0 Å². The fourth-order valence-electron chi connectivity index (χ4n) is 2.48. The summed E-state index contributed by atoms with van der Waals surface area (Å²) in [5.41, 5.74) is 0. The summed E-state index contributed by atoms with van der Waals surface area (Å²) in [5, 5.41) is 0. The van der Waals surface area contributed by atoms with Crippen molar-refractivity contribution in [1.29, 1.82) is 0 Å². The van der Waals surface area contributed by atoms with Crippen molar-refractivity contribution >= 4 is 12.4 Å². The van der Waals surface area contributed by atoms with E-state index in [1.165, 1.54) is 32.8 Å². The number of hydrogen-bond donors (Lipinski definition) is 0. The molecule has 0 bridgehead atoms. The summed E-state index contributed by atoms with van der Waals surface area (Å²) in [4.78, 5) is 15.5. The number of rotatable bonds is 2. The topological polar surface area (TPSA) is 47.9 Å². The summed E-state index contributed by atoms with van der Waals surface area (Å²) in [6.45, 7) is 0.